The number of hydrogen-bond acceptors (Lipinski definition) is 6. The number of benzene rings is 2. The summed E-state index contributed by atoms with van der Waals surface area (Å²) in [7, 11) is -3.79. The Labute approximate surface area is 155 Å². The average molecular weight is 389 g/mol. The first kappa shape index (κ1) is 17.8. The maximum Gasteiger partial charge on any atom is 0.417 e. The zero-order valence-corrected chi connectivity index (χ0v) is 15.3. The molecule has 0 aliphatic carbocycles. The normalized spacial score (nSPS) is 15.9. The number of anilines is 1. The molecule has 0 spiro atoms. The number of aromatic nitrogens is 1. The third-order valence-corrected chi connectivity index (χ3v) is 5.80. The van der Waals surface area contributed by atoms with Gasteiger partial charge in [0.15, 0.2) is 5.58 Å². The lowest BCUT2D eigenvalue weighted by atomic mass is 10.2. The van der Waals surface area contributed by atoms with Crippen LogP contribution in [0.15, 0.2) is 56.6 Å². The Morgan fingerprint density at radius 1 is 1.07 bits per heavy atom. The van der Waals surface area contributed by atoms with Crippen molar-refractivity contribution in [1.82, 2.24) is 9.88 Å². The number of nitrogens with zero attached hydrogens (tertiary/aromatic N) is 1. The molecule has 0 saturated carbocycles. The van der Waals surface area contributed by atoms with Crippen molar-refractivity contribution in [2.45, 2.75) is 11.4 Å². The Morgan fingerprint density at radius 2 is 1.81 bits per heavy atom. The molecule has 1 aliphatic rings. The van der Waals surface area contributed by atoms with Gasteiger partial charge in [0.25, 0.3) is 10.0 Å². The van der Waals surface area contributed by atoms with E-state index in [2.05, 4.69) is 14.6 Å². The molecule has 8 nitrogen and oxygen atoms in total. The van der Waals surface area contributed by atoms with Crippen molar-refractivity contribution in [2.24, 2.45) is 0 Å². The summed E-state index contributed by atoms with van der Waals surface area (Å²) in [6, 6.07) is 11.5. The highest BCUT2D eigenvalue weighted by atomic mass is 32.2. The second-order valence-corrected chi connectivity index (χ2v) is 8.05. The molecule has 0 unspecified atom stereocenters. The summed E-state index contributed by atoms with van der Waals surface area (Å²) in [6.45, 7) is 4.07. The van der Waals surface area contributed by atoms with Crippen LogP contribution in [-0.4, -0.2) is 44.6 Å². The van der Waals surface area contributed by atoms with Crippen molar-refractivity contribution < 1.29 is 17.6 Å². The Morgan fingerprint density at radius 3 is 2.56 bits per heavy atom. The van der Waals surface area contributed by atoms with Crippen LogP contribution in [0.5, 0.6) is 0 Å². The molecule has 1 aliphatic heterocycles. The lowest BCUT2D eigenvalue weighted by Gasteiger charge is -2.26. The summed E-state index contributed by atoms with van der Waals surface area (Å²) in [6.07, 6.45) is 0. The number of nitrogens with one attached hydrogen (secondary N) is 2. The molecule has 2 heterocycles. The van der Waals surface area contributed by atoms with Gasteiger partial charge in [-0.2, -0.15) is 0 Å². The van der Waals surface area contributed by atoms with Crippen LogP contribution in [0.2, 0.25) is 0 Å². The largest absolute Gasteiger partial charge is 0.417 e. The average Bonchev–Trinajstić information content (AvgIpc) is 3.03. The number of rotatable bonds is 5. The van der Waals surface area contributed by atoms with E-state index in [1.165, 1.54) is 18.2 Å². The fourth-order valence-corrected chi connectivity index (χ4v) is 4.08. The van der Waals surface area contributed by atoms with E-state index in [1.807, 2.05) is 12.1 Å². The van der Waals surface area contributed by atoms with Gasteiger partial charge in [0, 0.05) is 31.4 Å². The SMILES string of the molecule is O=c1[nH]c2ccc(S(=O)(=O)Nc3ccc(CN4CCOCC4)cc3)cc2o1. The third-order valence-electron chi connectivity index (χ3n) is 4.42. The van der Waals surface area contributed by atoms with Gasteiger partial charge in [-0.3, -0.25) is 14.6 Å². The Hall–Kier alpha value is -2.62. The number of sulfonamides is 1. The van der Waals surface area contributed by atoms with E-state index in [-0.39, 0.29) is 10.5 Å². The molecule has 1 fully saturated rings. The Bertz CT molecular complexity index is 1100. The monoisotopic (exact) mass is 389 g/mol. The first-order valence-electron chi connectivity index (χ1n) is 8.54. The highest BCUT2D eigenvalue weighted by Gasteiger charge is 2.16. The van der Waals surface area contributed by atoms with Crippen LogP contribution in [0.3, 0.4) is 0 Å². The number of H-pyrrole nitrogens is 1. The predicted octanol–water partition coefficient (Wildman–Crippen LogP) is 1.75. The van der Waals surface area contributed by atoms with Gasteiger partial charge in [-0.1, -0.05) is 12.1 Å². The lowest BCUT2D eigenvalue weighted by molar-refractivity contribution is 0.0342. The van der Waals surface area contributed by atoms with Crippen LogP contribution in [-0.2, 0) is 21.3 Å². The summed E-state index contributed by atoms with van der Waals surface area (Å²) in [5.41, 5.74) is 2.22. The number of ether oxygens (including phenoxy) is 1. The molecular weight excluding hydrogens is 370 g/mol. The van der Waals surface area contributed by atoms with Crippen LogP contribution >= 0.6 is 0 Å². The van der Waals surface area contributed by atoms with E-state index in [0.29, 0.717) is 11.2 Å². The van der Waals surface area contributed by atoms with Crippen LogP contribution in [0, 0.1) is 0 Å². The molecular formula is C18H19N3O5S. The van der Waals surface area contributed by atoms with Crippen LogP contribution in [0.25, 0.3) is 11.1 Å². The summed E-state index contributed by atoms with van der Waals surface area (Å²) >= 11 is 0. The maximum absolute atomic E-state index is 12.6. The Balaban J connectivity index is 1.48. The number of oxazole rings is 1. The molecule has 9 heteroatoms. The van der Waals surface area contributed by atoms with Gasteiger partial charge in [-0.15, -0.1) is 0 Å². The second-order valence-electron chi connectivity index (χ2n) is 6.36. The number of aromatic amines is 1. The number of hydrogen-bond donors (Lipinski definition) is 2. The van der Waals surface area contributed by atoms with Gasteiger partial charge in [0.05, 0.1) is 23.6 Å². The van der Waals surface area contributed by atoms with Crippen molar-refractivity contribution >= 4 is 26.8 Å². The van der Waals surface area contributed by atoms with Crippen LogP contribution in [0.1, 0.15) is 5.56 Å². The van der Waals surface area contributed by atoms with Crippen LogP contribution < -0.4 is 10.5 Å². The minimum atomic E-state index is -3.79. The molecule has 0 amide bonds. The second kappa shape index (κ2) is 7.18. The van der Waals surface area contributed by atoms with Gasteiger partial charge in [0.2, 0.25) is 0 Å². The minimum absolute atomic E-state index is 0.0233. The fraction of sp³-hybridized carbons (Fsp3) is 0.278. The van der Waals surface area contributed by atoms with E-state index >= 15 is 0 Å². The molecule has 1 aromatic heterocycles. The summed E-state index contributed by atoms with van der Waals surface area (Å²) < 4.78 is 38.0. The standard InChI is InChI=1S/C18H19N3O5S/c22-18-19-16-6-5-15(11-17(16)26-18)27(23,24)20-14-3-1-13(2-4-14)12-21-7-9-25-10-8-21/h1-6,11,20H,7-10,12H2,(H,19,22). The van der Waals surface area contributed by atoms with Crippen molar-refractivity contribution in [3.63, 3.8) is 0 Å². The highest BCUT2D eigenvalue weighted by molar-refractivity contribution is 7.92. The van der Waals surface area contributed by atoms with E-state index in [9.17, 15) is 13.2 Å². The molecule has 0 atom stereocenters. The lowest BCUT2D eigenvalue weighted by Crippen LogP contribution is -2.35. The number of fused-ring (bicyclic) bond motifs is 1. The minimum Gasteiger partial charge on any atom is -0.408 e. The van der Waals surface area contributed by atoms with Gasteiger partial charge in [-0.25, -0.2) is 13.2 Å². The van der Waals surface area contributed by atoms with E-state index in [0.717, 1.165) is 38.4 Å². The molecule has 4 rings (SSSR count). The van der Waals surface area contributed by atoms with Crippen molar-refractivity contribution in [1.29, 1.82) is 0 Å². The van der Waals surface area contributed by atoms with E-state index in [4.69, 9.17) is 9.15 Å². The zero-order chi connectivity index (χ0) is 18.9. The predicted molar refractivity (Wildman–Crippen MR) is 100 cm³/mol. The molecule has 2 N–H and O–H groups in total. The smallest absolute Gasteiger partial charge is 0.408 e. The first-order valence-corrected chi connectivity index (χ1v) is 10.0. The molecule has 0 bridgehead atoms. The molecule has 3 aromatic rings. The third kappa shape index (κ3) is 4.05. The highest BCUT2D eigenvalue weighted by Crippen LogP contribution is 2.20. The van der Waals surface area contributed by atoms with Gasteiger partial charge < -0.3 is 9.15 Å². The van der Waals surface area contributed by atoms with Crippen LogP contribution in [0.4, 0.5) is 5.69 Å². The maximum atomic E-state index is 12.6. The summed E-state index contributed by atoms with van der Waals surface area (Å²) in [5.74, 6) is -0.622. The van der Waals surface area contributed by atoms with Crippen molar-refractivity contribution in [3.8, 4) is 0 Å². The first-order chi connectivity index (χ1) is 13.0. The molecule has 2 aromatic carbocycles. The van der Waals surface area contributed by atoms with Crippen molar-refractivity contribution in [2.75, 3.05) is 31.0 Å². The van der Waals surface area contributed by atoms with Crippen molar-refractivity contribution in [3.05, 3.63) is 58.6 Å². The van der Waals surface area contributed by atoms with Gasteiger partial charge in [0.1, 0.15) is 0 Å². The summed E-state index contributed by atoms with van der Waals surface area (Å²) in [4.78, 5) is 16.0. The van der Waals surface area contributed by atoms with E-state index in [1.54, 1.807) is 12.1 Å². The fourth-order valence-electron chi connectivity index (χ4n) is 3.00. The summed E-state index contributed by atoms with van der Waals surface area (Å²) in [5, 5.41) is 0. The molecule has 0 radical (unpaired) electrons. The van der Waals surface area contributed by atoms with E-state index < -0.39 is 15.8 Å². The quantitative estimate of drug-likeness (QED) is 0.689. The zero-order valence-electron chi connectivity index (χ0n) is 14.5. The number of morpholine rings is 1. The molecule has 142 valence electrons. The van der Waals surface area contributed by atoms with Gasteiger partial charge >= 0.3 is 5.76 Å². The molecule has 27 heavy (non-hydrogen) atoms. The topological polar surface area (TPSA) is 105 Å². The van der Waals surface area contributed by atoms with Gasteiger partial charge in [-0.05, 0) is 29.8 Å². The molecule has 1 saturated heterocycles. The Kier molecular flexibility index (Phi) is 4.73.